The van der Waals surface area contributed by atoms with Gasteiger partial charge >= 0.3 is 6.09 Å². The first-order valence-corrected chi connectivity index (χ1v) is 7.58. The van der Waals surface area contributed by atoms with Crippen LogP contribution in [0.1, 0.15) is 16.1 Å². The van der Waals surface area contributed by atoms with Crippen molar-refractivity contribution in [3.63, 3.8) is 0 Å². The summed E-state index contributed by atoms with van der Waals surface area (Å²) < 4.78 is 4.71. The van der Waals surface area contributed by atoms with Gasteiger partial charge < -0.3 is 14.5 Å². The average molecular weight is 313 g/mol. The number of aryl methyl sites for hydroxylation is 1. The van der Waals surface area contributed by atoms with Crippen LogP contribution in [0.25, 0.3) is 10.9 Å². The minimum absolute atomic E-state index is 0.0368. The molecule has 0 bridgehead atoms. The van der Waals surface area contributed by atoms with Crippen LogP contribution in [0.15, 0.2) is 30.3 Å². The van der Waals surface area contributed by atoms with Crippen molar-refractivity contribution in [2.75, 3.05) is 33.3 Å². The fourth-order valence-electron chi connectivity index (χ4n) is 2.82. The second kappa shape index (κ2) is 6.24. The number of ether oxygens (including phenoxy) is 1. The van der Waals surface area contributed by atoms with Crippen molar-refractivity contribution < 1.29 is 14.3 Å². The summed E-state index contributed by atoms with van der Waals surface area (Å²) in [4.78, 5) is 32.2. The number of pyridine rings is 1. The zero-order valence-electron chi connectivity index (χ0n) is 13.3. The largest absolute Gasteiger partial charge is 0.453 e. The molecule has 120 valence electrons. The third-order valence-electron chi connectivity index (χ3n) is 4.14. The predicted molar refractivity (Wildman–Crippen MR) is 86.4 cm³/mol. The molecule has 2 aromatic rings. The Morgan fingerprint density at radius 1 is 1.09 bits per heavy atom. The molecule has 1 aliphatic rings. The molecule has 6 heteroatoms. The van der Waals surface area contributed by atoms with Crippen LogP contribution in [0.2, 0.25) is 0 Å². The number of methoxy groups -OCH3 is 1. The molecule has 1 saturated heterocycles. The van der Waals surface area contributed by atoms with Gasteiger partial charge in [0.05, 0.1) is 23.9 Å². The second-order valence-electron chi connectivity index (χ2n) is 5.56. The zero-order valence-corrected chi connectivity index (χ0v) is 13.3. The quantitative estimate of drug-likeness (QED) is 0.808. The Kier molecular flexibility index (Phi) is 4.14. The SMILES string of the molecule is COC(=O)N1CCN(C(=O)c2cc3ccccc3nc2C)CC1. The Balaban J connectivity index is 1.79. The van der Waals surface area contributed by atoms with Crippen LogP contribution in [0.4, 0.5) is 4.79 Å². The highest BCUT2D eigenvalue weighted by molar-refractivity contribution is 5.98. The molecule has 0 N–H and O–H groups in total. The van der Waals surface area contributed by atoms with Crippen LogP contribution in [0.3, 0.4) is 0 Å². The minimum atomic E-state index is -0.347. The summed E-state index contributed by atoms with van der Waals surface area (Å²) in [6, 6.07) is 9.65. The molecule has 23 heavy (non-hydrogen) atoms. The van der Waals surface area contributed by atoms with Gasteiger partial charge in [0.2, 0.25) is 0 Å². The summed E-state index contributed by atoms with van der Waals surface area (Å²) in [5.74, 6) is -0.0368. The van der Waals surface area contributed by atoms with E-state index in [1.807, 2.05) is 37.3 Å². The topological polar surface area (TPSA) is 62.7 Å². The lowest BCUT2D eigenvalue weighted by atomic mass is 10.1. The van der Waals surface area contributed by atoms with Crippen LogP contribution >= 0.6 is 0 Å². The molecule has 0 aliphatic carbocycles. The molecule has 1 fully saturated rings. The number of hydrogen-bond donors (Lipinski definition) is 0. The van der Waals surface area contributed by atoms with Gasteiger partial charge in [-0.2, -0.15) is 0 Å². The van der Waals surface area contributed by atoms with Gasteiger partial charge in [0.25, 0.3) is 5.91 Å². The summed E-state index contributed by atoms with van der Waals surface area (Å²) in [5, 5.41) is 0.953. The van der Waals surface area contributed by atoms with Gasteiger partial charge in [-0.05, 0) is 19.1 Å². The summed E-state index contributed by atoms with van der Waals surface area (Å²) in [7, 11) is 1.37. The summed E-state index contributed by atoms with van der Waals surface area (Å²) >= 11 is 0. The van der Waals surface area contributed by atoms with Crippen LogP contribution < -0.4 is 0 Å². The Morgan fingerprint density at radius 2 is 1.74 bits per heavy atom. The molecule has 0 unspecified atom stereocenters. The van der Waals surface area contributed by atoms with Crippen molar-refractivity contribution in [2.45, 2.75) is 6.92 Å². The lowest BCUT2D eigenvalue weighted by Crippen LogP contribution is -2.50. The zero-order chi connectivity index (χ0) is 16.4. The highest BCUT2D eigenvalue weighted by atomic mass is 16.5. The number of nitrogens with zero attached hydrogens (tertiary/aromatic N) is 3. The maximum atomic E-state index is 12.8. The van der Waals surface area contributed by atoms with Gasteiger partial charge in [-0.3, -0.25) is 9.78 Å². The third-order valence-corrected chi connectivity index (χ3v) is 4.14. The van der Waals surface area contributed by atoms with Gasteiger partial charge in [-0.15, -0.1) is 0 Å². The van der Waals surface area contributed by atoms with Crippen LogP contribution in [-0.4, -0.2) is 60.1 Å². The van der Waals surface area contributed by atoms with Crippen molar-refractivity contribution in [3.05, 3.63) is 41.6 Å². The lowest BCUT2D eigenvalue weighted by Gasteiger charge is -2.34. The fourth-order valence-corrected chi connectivity index (χ4v) is 2.82. The molecule has 0 spiro atoms. The number of benzene rings is 1. The Bertz CT molecular complexity index is 752. The van der Waals surface area contributed by atoms with Crippen molar-refractivity contribution in [1.82, 2.24) is 14.8 Å². The van der Waals surface area contributed by atoms with Crippen molar-refractivity contribution >= 4 is 22.9 Å². The van der Waals surface area contributed by atoms with E-state index in [4.69, 9.17) is 4.74 Å². The van der Waals surface area contributed by atoms with Crippen molar-refractivity contribution in [3.8, 4) is 0 Å². The number of hydrogen-bond acceptors (Lipinski definition) is 4. The van der Waals surface area contributed by atoms with Crippen LogP contribution in [0.5, 0.6) is 0 Å². The summed E-state index contributed by atoms with van der Waals surface area (Å²) in [6.07, 6.45) is -0.347. The Morgan fingerprint density at radius 3 is 2.43 bits per heavy atom. The highest BCUT2D eigenvalue weighted by Gasteiger charge is 2.26. The minimum Gasteiger partial charge on any atom is -0.453 e. The van der Waals surface area contributed by atoms with E-state index in [9.17, 15) is 9.59 Å². The van der Waals surface area contributed by atoms with Gasteiger partial charge in [-0.25, -0.2) is 4.79 Å². The molecular weight excluding hydrogens is 294 g/mol. The van der Waals surface area contributed by atoms with Crippen LogP contribution in [0, 0.1) is 6.92 Å². The van der Waals surface area contributed by atoms with Crippen molar-refractivity contribution in [1.29, 1.82) is 0 Å². The summed E-state index contributed by atoms with van der Waals surface area (Å²) in [5.41, 5.74) is 2.23. The second-order valence-corrected chi connectivity index (χ2v) is 5.56. The normalized spacial score (nSPS) is 14.9. The van der Waals surface area contributed by atoms with E-state index in [0.717, 1.165) is 16.6 Å². The summed E-state index contributed by atoms with van der Waals surface area (Å²) in [6.45, 7) is 3.82. The number of fused-ring (bicyclic) bond motifs is 1. The molecule has 1 aromatic heterocycles. The number of para-hydroxylation sites is 1. The predicted octanol–water partition coefficient (Wildman–Crippen LogP) is 2.07. The first-order chi connectivity index (χ1) is 11.1. The first-order valence-electron chi connectivity index (χ1n) is 7.58. The number of piperazine rings is 1. The molecule has 0 radical (unpaired) electrons. The molecule has 1 aromatic carbocycles. The lowest BCUT2D eigenvalue weighted by molar-refractivity contribution is 0.0599. The highest BCUT2D eigenvalue weighted by Crippen LogP contribution is 2.18. The van der Waals surface area contributed by atoms with E-state index >= 15 is 0 Å². The van der Waals surface area contributed by atoms with E-state index < -0.39 is 0 Å². The van der Waals surface area contributed by atoms with E-state index in [2.05, 4.69) is 4.98 Å². The fraction of sp³-hybridized carbons (Fsp3) is 0.353. The van der Waals surface area contributed by atoms with E-state index in [1.54, 1.807) is 9.80 Å². The molecule has 3 rings (SSSR count). The number of rotatable bonds is 1. The molecule has 2 amide bonds. The van der Waals surface area contributed by atoms with E-state index in [1.165, 1.54) is 7.11 Å². The number of amides is 2. The molecule has 1 aliphatic heterocycles. The van der Waals surface area contributed by atoms with Gasteiger partial charge in [-0.1, -0.05) is 18.2 Å². The Hall–Kier alpha value is -2.63. The van der Waals surface area contributed by atoms with Gasteiger partial charge in [0.1, 0.15) is 0 Å². The molecule has 2 heterocycles. The number of carbonyl (C=O) groups is 2. The van der Waals surface area contributed by atoms with Gasteiger partial charge in [0.15, 0.2) is 0 Å². The van der Waals surface area contributed by atoms with E-state index in [0.29, 0.717) is 31.7 Å². The molecule has 6 nitrogen and oxygen atoms in total. The monoisotopic (exact) mass is 313 g/mol. The molecule has 0 atom stereocenters. The van der Waals surface area contributed by atoms with Crippen LogP contribution in [-0.2, 0) is 4.74 Å². The first kappa shape index (κ1) is 15.3. The van der Waals surface area contributed by atoms with E-state index in [-0.39, 0.29) is 12.0 Å². The smallest absolute Gasteiger partial charge is 0.409 e. The standard InChI is InChI=1S/C17H19N3O3/c1-12-14(11-13-5-3-4-6-15(13)18-12)16(21)19-7-9-20(10-8-19)17(22)23-2/h3-6,11H,7-10H2,1-2H3. The third kappa shape index (κ3) is 2.97. The number of aromatic nitrogens is 1. The molecular formula is C17H19N3O3. The number of carbonyl (C=O) groups excluding carboxylic acids is 2. The maximum absolute atomic E-state index is 12.8. The van der Waals surface area contributed by atoms with Crippen molar-refractivity contribution in [2.24, 2.45) is 0 Å². The Labute approximate surface area is 134 Å². The van der Waals surface area contributed by atoms with Gasteiger partial charge in [0, 0.05) is 31.6 Å². The average Bonchev–Trinajstić information content (AvgIpc) is 2.60. The molecule has 0 saturated carbocycles. The maximum Gasteiger partial charge on any atom is 0.409 e.